The molecule has 278 valence electrons. The van der Waals surface area contributed by atoms with Gasteiger partial charge in [0.2, 0.25) is 0 Å². The van der Waals surface area contributed by atoms with Gasteiger partial charge in [-0.2, -0.15) is 0 Å². The van der Waals surface area contributed by atoms with Crippen molar-refractivity contribution in [1.82, 2.24) is 15.2 Å². The second-order valence-electron chi connectivity index (χ2n) is 15.4. The molecular formula is C36H60N4O9. The number of nitrogens with two attached hydrogens (primary N) is 1. The van der Waals surface area contributed by atoms with E-state index in [0.717, 1.165) is 5.56 Å². The first-order valence-corrected chi connectivity index (χ1v) is 17.8. The van der Waals surface area contributed by atoms with Crippen LogP contribution >= 0.6 is 0 Å². The van der Waals surface area contributed by atoms with Crippen LogP contribution in [0.3, 0.4) is 0 Å². The summed E-state index contributed by atoms with van der Waals surface area (Å²) in [5.41, 5.74) is 5.01. The SMILES string of the molecule is CC[C@@H]1OC(=O)[C@H](C)[C@@H](OC(=O)NCc2cccnc2)[C@H](C)[C@@H](OC2O[C@H](C)C[C@H](N(C)C)[C@H]2O)[C@](C)(O)C[C@@H](C)[C@H]2OC1(C)[C@@H](N)[C@@H]2C. The van der Waals surface area contributed by atoms with Crippen LogP contribution in [0.1, 0.15) is 80.2 Å². The highest BCUT2D eigenvalue weighted by Crippen LogP contribution is 2.45. The number of hydrogen-bond acceptors (Lipinski definition) is 12. The smallest absolute Gasteiger partial charge is 0.407 e. The lowest BCUT2D eigenvalue weighted by Gasteiger charge is -2.47. The number of nitrogens with one attached hydrogen (secondary N) is 1. The van der Waals surface area contributed by atoms with Gasteiger partial charge in [0.1, 0.15) is 23.9 Å². The minimum atomic E-state index is -1.57. The number of alkyl carbamates (subject to hydrolysis) is 1. The van der Waals surface area contributed by atoms with Crippen LogP contribution in [0, 0.1) is 23.7 Å². The van der Waals surface area contributed by atoms with Crippen LogP contribution in [0.5, 0.6) is 0 Å². The number of ether oxygens (including phenoxy) is 5. The van der Waals surface area contributed by atoms with Gasteiger partial charge in [0, 0.05) is 42.9 Å². The summed E-state index contributed by atoms with van der Waals surface area (Å²) in [6, 6.07) is 2.87. The average molecular weight is 693 g/mol. The van der Waals surface area contributed by atoms with E-state index in [0.29, 0.717) is 12.8 Å². The molecular weight excluding hydrogens is 632 g/mol. The summed E-state index contributed by atoms with van der Waals surface area (Å²) in [5.74, 6) is -2.69. The lowest BCUT2D eigenvalue weighted by Crippen LogP contribution is -2.59. The number of carbonyl (C=O) groups excluding carboxylic acids is 2. The first-order valence-electron chi connectivity index (χ1n) is 17.8. The van der Waals surface area contributed by atoms with E-state index in [-0.39, 0.29) is 43.1 Å². The van der Waals surface area contributed by atoms with Crippen molar-refractivity contribution < 1.29 is 43.5 Å². The van der Waals surface area contributed by atoms with Gasteiger partial charge in [-0.25, -0.2) is 4.79 Å². The van der Waals surface area contributed by atoms with E-state index < -0.39 is 71.8 Å². The molecule has 1 amide bonds. The van der Waals surface area contributed by atoms with Gasteiger partial charge in [-0.3, -0.25) is 9.78 Å². The highest BCUT2D eigenvalue weighted by atomic mass is 16.7. The number of likely N-dealkylation sites (N-methyl/N-ethyl adjacent to an activating group) is 1. The van der Waals surface area contributed by atoms with Gasteiger partial charge < -0.3 is 49.8 Å². The number of hydrogen-bond donors (Lipinski definition) is 4. The molecule has 13 heteroatoms. The highest BCUT2D eigenvalue weighted by Gasteiger charge is 2.57. The van der Waals surface area contributed by atoms with Crippen LogP contribution in [0.4, 0.5) is 4.79 Å². The Morgan fingerprint density at radius 1 is 1.18 bits per heavy atom. The van der Waals surface area contributed by atoms with E-state index in [1.807, 2.05) is 59.7 Å². The summed E-state index contributed by atoms with van der Waals surface area (Å²) in [5, 5.41) is 26.6. The predicted molar refractivity (Wildman–Crippen MR) is 182 cm³/mol. The molecule has 0 aromatic carbocycles. The summed E-state index contributed by atoms with van der Waals surface area (Å²) in [6.45, 7) is 15.0. The predicted octanol–water partition coefficient (Wildman–Crippen LogP) is 2.99. The van der Waals surface area contributed by atoms with Crippen LogP contribution in [0.2, 0.25) is 0 Å². The van der Waals surface area contributed by atoms with Gasteiger partial charge in [0.25, 0.3) is 0 Å². The Kier molecular flexibility index (Phi) is 12.8. The van der Waals surface area contributed by atoms with Crippen molar-refractivity contribution in [2.75, 3.05) is 14.1 Å². The second kappa shape index (κ2) is 15.9. The first-order chi connectivity index (χ1) is 22.9. The molecule has 2 unspecified atom stereocenters. The van der Waals surface area contributed by atoms with Crippen LogP contribution in [0.25, 0.3) is 0 Å². The minimum Gasteiger partial charge on any atom is -0.459 e. The number of cyclic esters (lactones) is 1. The average Bonchev–Trinajstić information content (AvgIpc) is 3.29. The van der Waals surface area contributed by atoms with E-state index in [9.17, 15) is 19.8 Å². The zero-order valence-electron chi connectivity index (χ0n) is 30.9. The van der Waals surface area contributed by atoms with Gasteiger partial charge in [0.15, 0.2) is 6.29 Å². The van der Waals surface area contributed by atoms with Crippen molar-refractivity contribution in [3.63, 3.8) is 0 Å². The van der Waals surface area contributed by atoms with Crippen molar-refractivity contribution in [2.24, 2.45) is 29.4 Å². The molecule has 3 fully saturated rings. The summed E-state index contributed by atoms with van der Waals surface area (Å²) in [7, 11) is 3.77. The maximum Gasteiger partial charge on any atom is 0.407 e. The van der Waals surface area contributed by atoms with Gasteiger partial charge in [0.05, 0.1) is 29.8 Å². The van der Waals surface area contributed by atoms with Crippen molar-refractivity contribution in [2.45, 2.75) is 147 Å². The fourth-order valence-electron chi connectivity index (χ4n) is 8.32. The molecule has 4 heterocycles. The summed E-state index contributed by atoms with van der Waals surface area (Å²) >= 11 is 0. The monoisotopic (exact) mass is 692 g/mol. The number of pyridine rings is 1. The Labute approximate surface area is 291 Å². The fourth-order valence-corrected chi connectivity index (χ4v) is 8.32. The third-order valence-corrected chi connectivity index (χ3v) is 11.1. The fraction of sp³-hybridized carbons (Fsp3) is 0.806. The van der Waals surface area contributed by atoms with E-state index in [2.05, 4.69) is 10.3 Å². The molecule has 3 aliphatic heterocycles. The number of rotatable bonds is 7. The van der Waals surface area contributed by atoms with Crippen molar-refractivity contribution in [1.29, 1.82) is 0 Å². The topological polar surface area (TPSA) is 175 Å². The van der Waals surface area contributed by atoms with E-state index >= 15 is 0 Å². The molecule has 0 spiro atoms. The summed E-state index contributed by atoms with van der Waals surface area (Å²) < 4.78 is 31.7. The molecule has 0 radical (unpaired) electrons. The lowest BCUT2D eigenvalue weighted by molar-refractivity contribution is -0.299. The van der Waals surface area contributed by atoms with Crippen molar-refractivity contribution in [3.05, 3.63) is 30.1 Å². The van der Waals surface area contributed by atoms with Gasteiger partial charge in [-0.1, -0.05) is 33.8 Å². The molecule has 1 aromatic rings. The normalized spacial score (nSPS) is 43.6. The maximum atomic E-state index is 14.0. The molecule has 0 aliphatic carbocycles. The van der Waals surface area contributed by atoms with Crippen molar-refractivity contribution in [3.8, 4) is 0 Å². The molecule has 5 N–H and O–H groups in total. The zero-order chi connectivity index (χ0) is 36.4. The highest BCUT2D eigenvalue weighted by molar-refractivity contribution is 5.74. The van der Waals surface area contributed by atoms with Crippen LogP contribution < -0.4 is 11.1 Å². The van der Waals surface area contributed by atoms with Gasteiger partial charge in [-0.05, 0) is 78.6 Å². The Bertz CT molecular complexity index is 1250. The number of aliphatic hydroxyl groups is 2. The van der Waals surface area contributed by atoms with Crippen LogP contribution in [-0.2, 0) is 35.0 Å². The maximum absolute atomic E-state index is 14.0. The van der Waals surface area contributed by atoms with Crippen LogP contribution in [-0.4, -0.2) is 112 Å². The molecule has 3 aliphatic rings. The van der Waals surface area contributed by atoms with Crippen molar-refractivity contribution >= 4 is 12.1 Å². The Hall–Kier alpha value is -2.39. The molecule has 0 saturated carbocycles. The minimum absolute atomic E-state index is 0.106. The van der Waals surface area contributed by atoms with E-state index in [1.54, 1.807) is 39.2 Å². The summed E-state index contributed by atoms with van der Waals surface area (Å²) in [6.07, 6.45) is -1.84. The largest absolute Gasteiger partial charge is 0.459 e. The van der Waals surface area contributed by atoms with Gasteiger partial charge >= 0.3 is 12.1 Å². The number of aromatic nitrogens is 1. The van der Waals surface area contributed by atoms with Crippen LogP contribution in [0.15, 0.2) is 24.5 Å². The molecule has 2 bridgehead atoms. The van der Waals surface area contributed by atoms with E-state index in [4.69, 9.17) is 29.4 Å². The third-order valence-electron chi connectivity index (χ3n) is 11.1. The number of aliphatic hydroxyl groups excluding tert-OH is 1. The zero-order valence-corrected chi connectivity index (χ0v) is 30.9. The van der Waals surface area contributed by atoms with E-state index in [1.165, 1.54) is 0 Å². The number of nitrogens with zero attached hydrogens (tertiary/aromatic N) is 2. The molecule has 13 nitrogen and oxygen atoms in total. The quantitative estimate of drug-likeness (QED) is 0.308. The number of amides is 1. The summed E-state index contributed by atoms with van der Waals surface area (Å²) in [4.78, 5) is 33.4. The lowest BCUT2D eigenvalue weighted by atomic mass is 9.75. The number of fused-ring (bicyclic) bond motifs is 2. The second-order valence-corrected chi connectivity index (χ2v) is 15.4. The third kappa shape index (κ3) is 8.57. The molecule has 15 atom stereocenters. The first kappa shape index (κ1) is 39.4. The Morgan fingerprint density at radius 2 is 1.88 bits per heavy atom. The van der Waals surface area contributed by atoms with Gasteiger partial charge in [-0.15, -0.1) is 0 Å². The molecule has 49 heavy (non-hydrogen) atoms. The molecule has 3 saturated heterocycles. The number of esters is 1. The molecule has 1 aromatic heterocycles. The number of carbonyl (C=O) groups is 2. The standard InChI is InChI=1S/C36H60N4O9/c1-11-26-36(8)30(37)21(4)28(49-36)19(2)16-35(7,44)31(48-33-27(41)25(40(9)10)15-20(3)45-33)22(5)29(23(6)32(42)46-26)47-34(43)39-18-24-13-12-14-38-17-24/h12-14,17,19-23,25-31,33,41,44H,11,15-16,18,37H2,1-10H3,(H,39,43)/t19-,20-,21-,22+,23-,25+,26+,27-,28-,29+,30+,31-,33?,35-,36?/m1/s1. The Morgan fingerprint density at radius 3 is 2.49 bits per heavy atom. The Balaban J connectivity index is 1.75. The molecule has 4 rings (SSSR count).